The number of primary amides is 1. The average Bonchev–Trinajstić information content (AvgIpc) is 3.30. The smallest absolute Gasteiger partial charge is 0.326 e. The molecule has 0 aliphatic heterocycles. The van der Waals surface area contributed by atoms with E-state index in [1.807, 2.05) is 6.26 Å². The molecule has 4 amide bonds. The van der Waals surface area contributed by atoms with Gasteiger partial charge in [-0.3, -0.25) is 19.2 Å². The molecule has 9 N–H and O–H groups in total. The molecule has 1 rings (SSSR count). The Morgan fingerprint density at radius 1 is 1.06 bits per heavy atom. The van der Waals surface area contributed by atoms with Crippen LogP contribution < -0.4 is 27.4 Å². The van der Waals surface area contributed by atoms with Gasteiger partial charge in [0.25, 0.3) is 0 Å². The highest BCUT2D eigenvalue weighted by Gasteiger charge is 2.32. The lowest BCUT2D eigenvalue weighted by Gasteiger charge is -2.27. The molecule has 196 valence electrons. The molecule has 0 aromatic carbocycles. The number of amides is 4. The molecule has 0 aliphatic rings. The molecule has 4 unspecified atom stereocenters. The van der Waals surface area contributed by atoms with Crippen LogP contribution in [0, 0.1) is 5.92 Å². The van der Waals surface area contributed by atoms with Crippen molar-refractivity contribution in [2.75, 3.05) is 12.0 Å². The number of H-pyrrole nitrogens is 1. The van der Waals surface area contributed by atoms with Gasteiger partial charge < -0.3 is 37.5 Å². The lowest BCUT2D eigenvalue weighted by Crippen LogP contribution is -2.59. The Labute approximate surface area is 207 Å². The van der Waals surface area contributed by atoms with E-state index in [2.05, 4.69) is 25.9 Å². The van der Waals surface area contributed by atoms with E-state index in [1.54, 1.807) is 13.8 Å². The summed E-state index contributed by atoms with van der Waals surface area (Å²) >= 11 is 1.44. The fourth-order valence-corrected chi connectivity index (χ4v) is 3.55. The normalized spacial score (nSPS) is 14.4. The minimum Gasteiger partial charge on any atom is -0.480 e. The third-order valence-electron chi connectivity index (χ3n) is 5.12. The van der Waals surface area contributed by atoms with E-state index < -0.39 is 53.8 Å². The molecule has 1 heterocycles. The van der Waals surface area contributed by atoms with Crippen molar-refractivity contribution in [1.29, 1.82) is 0 Å². The predicted octanol–water partition coefficient (Wildman–Crippen LogP) is -1.51. The number of aromatic amines is 1. The summed E-state index contributed by atoms with van der Waals surface area (Å²) < 4.78 is 0. The van der Waals surface area contributed by atoms with Crippen LogP contribution in [-0.2, 0) is 30.4 Å². The molecule has 35 heavy (non-hydrogen) atoms. The number of carbonyl (C=O) groups excluding carboxylic acids is 4. The predicted molar refractivity (Wildman–Crippen MR) is 130 cm³/mol. The molecule has 1 aromatic heterocycles. The van der Waals surface area contributed by atoms with Crippen LogP contribution in [0.15, 0.2) is 12.5 Å². The summed E-state index contributed by atoms with van der Waals surface area (Å²) in [6, 6.07) is -4.35. The van der Waals surface area contributed by atoms with E-state index in [0.29, 0.717) is 11.4 Å². The maximum atomic E-state index is 13.1. The largest absolute Gasteiger partial charge is 0.480 e. The number of thioether (sulfide) groups is 1. The van der Waals surface area contributed by atoms with Crippen molar-refractivity contribution >= 4 is 41.4 Å². The lowest BCUT2D eigenvalue weighted by atomic mass is 10.0. The number of nitrogens with one attached hydrogen (secondary N) is 4. The number of nitrogens with two attached hydrogens (primary N) is 2. The summed E-state index contributed by atoms with van der Waals surface area (Å²) in [4.78, 5) is 67.7. The molecule has 0 spiro atoms. The Balaban J connectivity index is 2.98. The second-order valence-electron chi connectivity index (χ2n) is 8.36. The van der Waals surface area contributed by atoms with Crippen molar-refractivity contribution in [3.63, 3.8) is 0 Å². The lowest BCUT2D eigenvalue weighted by molar-refractivity contribution is -0.142. The second-order valence-corrected chi connectivity index (χ2v) is 9.35. The topological polar surface area (TPSA) is 222 Å². The summed E-state index contributed by atoms with van der Waals surface area (Å²) in [5.74, 6) is -3.61. The molecule has 13 nitrogen and oxygen atoms in total. The number of rotatable bonds is 16. The highest BCUT2D eigenvalue weighted by atomic mass is 32.2. The van der Waals surface area contributed by atoms with Gasteiger partial charge >= 0.3 is 5.97 Å². The van der Waals surface area contributed by atoms with E-state index in [1.165, 1.54) is 24.3 Å². The molecule has 1 aromatic rings. The molecule has 0 saturated heterocycles. The SMILES string of the molecule is CSCCC(NC(=O)C(Cc1cnc[nH]1)NC(=O)C(NC(=O)C(N)CCC(N)=O)C(C)C)C(=O)O. The number of aromatic nitrogens is 2. The number of hydrogen-bond donors (Lipinski definition) is 7. The first-order valence-electron chi connectivity index (χ1n) is 11.1. The van der Waals surface area contributed by atoms with Crippen LogP contribution in [0.5, 0.6) is 0 Å². The summed E-state index contributed by atoms with van der Waals surface area (Å²) in [6.45, 7) is 3.40. The fourth-order valence-electron chi connectivity index (χ4n) is 3.08. The standard InChI is InChI=1S/C21H35N7O6S/c1-11(2)17(28-18(30)13(22)4-5-16(23)29)20(32)27-15(8-12-9-24-10-25-12)19(31)26-14(21(33)34)6-7-35-3/h9-11,13-15,17H,4-8,22H2,1-3H3,(H2,23,29)(H,24,25)(H,26,31)(H,27,32)(H,28,30)(H,33,34). The second kappa shape index (κ2) is 15.0. The highest BCUT2D eigenvalue weighted by molar-refractivity contribution is 7.98. The minimum absolute atomic E-state index is 0.0172. The number of nitrogens with zero attached hydrogens (tertiary/aromatic N) is 1. The van der Waals surface area contributed by atoms with Gasteiger partial charge in [0, 0.05) is 24.7 Å². The third-order valence-corrected chi connectivity index (χ3v) is 5.77. The first-order chi connectivity index (χ1) is 16.5. The zero-order valence-corrected chi connectivity index (χ0v) is 20.9. The number of carbonyl (C=O) groups is 5. The summed E-state index contributed by atoms with van der Waals surface area (Å²) in [7, 11) is 0. The Hall–Kier alpha value is -3.13. The van der Waals surface area contributed by atoms with E-state index in [-0.39, 0.29) is 31.6 Å². The highest BCUT2D eigenvalue weighted by Crippen LogP contribution is 2.08. The maximum absolute atomic E-state index is 13.1. The van der Waals surface area contributed by atoms with E-state index in [9.17, 15) is 29.1 Å². The monoisotopic (exact) mass is 513 g/mol. The number of carboxylic acid groups (broad SMARTS) is 1. The van der Waals surface area contributed by atoms with Crippen molar-refractivity contribution in [3.05, 3.63) is 18.2 Å². The number of hydrogen-bond acceptors (Lipinski definition) is 8. The summed E-state index contributed by atoms with van der Waals surface area (Å²) in [5, 5.41) is 17.1. The van der Waals surface area contributed by atoms with Crippen LogP contribution >= 0.6 is 11.8 Å². The van der Waals surface area contributed by atoms with E-state index >= 15 is 0 Å². The van der Waals surface area contributed by atoms with Crippen LogP contribution in [0.3, 0.4) is 0 Å². The van der Waals surface area contributed by atoms with Crippen molar-refractivity contribution in [1.82, 2.24) is 25.9 Å². The van der Waals surface area contributed by atoms with Crippen LogP contribution in [0.25, 0.3) is 0 Å². The van der Waals surface area contributed by atoms with E-state index in [0.717, 1.165) is 0 Å². The van der Waals surface area contributed by atoms with Gasteiger partial charge in [0.2, 0.25) is 23.6 Å². The Bertz CT molecular complexity index is 864. The molecule has 0 fully saturated rings. The number of imidazole rings is 1. The maximum Gasteiger partial charge on any atom is 0.326 e. The first kappa shape index (κ1) is 29.9. The van der Waals surface area contributed by atoms with Gasteiger partial charge in [0.1, 0.15) is 18.1 Å². The Kier molecular flexibility index (Phi) is 12.8. The number of carboxylic acids is 1. The summed E-state index contributed by atoms with van der Waals surface area (Å²) in [6.07, 6.45) is 4.88. The van der Waals surface area contributed by atoms with Gasteiger partial charge in [-0.15, -0.1) is 0 Å². The minimum atomic E-state index is -1.18. The van der Waals surface area contributed by atoms with Crippen molar-refractivity contribution in [2.24, 2.45) is 17.4 Å². The van der Waals surface area contributed by atoms with Gasteiger partial charge in [-0.25, -0.2) is 9.78 Å². The molecule has 4 atom stereocenters. The zero-order chi connectivity index (χ0) is 26.5. The van der Waals surface area contributed by atoms with Crippen LogP contribution in [0.2, 0.25) is 0 Å². The van der Waals surface area contributed by atoms with Crippen molar-refractivity contribution in [3.8, 4) is 0 Å². The van der Waals surface area contributed by atoms with Crippen molar-refractivity contribution in [2.45, 2.75) is 63.7 Å². The zero-order valence-electron chi connectivity index (χ0n) is 20.1. The summed E-state index contributed by atoms with van der Waals surface area (Å²) in [5.41, 5.74) is 11.4. The van der Waals surface area contributed by atoms with Gasteiger partial charge in [-0.2, -0.15) is 11.8 Å². The molecular weight excluding hydrogens is 478 g/mol. The van der Waals surface area contributed by atoms with Crippen LogP contribution in [-0.4, -0.2) is 80.8 Å². The molecule has 0 radical (unpaired) electrons. The van der Waals surface area contributed by atoms with Crippen LogP contribution in [0.1, 0.15) is 38.8 Å². The Morgan fingerprint density at radius 2 is 1.71 bits per heavy atom. The van der Waals surface area contributed by atoms with Gasteiger partial charge in [-0.05, 0) is 30.8 Å². The Morgan fingerprint density at radius 3 is 2.23 bits per heavy atom. The van der Waals surface area contributed by atoms with Crippen molar-refractivity contribution < 1.29 is 29.1 Å². The van der Waals surface area contributed by atoms with Gasteiger partial charge in [0.05, 0.1) is 12.4 Å². The molecule has 0 saturated carbocycles. The van der Waals surface area contributed by atoms with Crippen LogP contribution in [0.4, 0.5) is 0 Å². The number of aliphatic carboxylic acids is 1. The fraction of sp³-hybridized carbons (Fsp3) is 0.619. The third kappa shape index (κ3) is 10.8. The average molecular weight is 514 g/mol. The molecule has 0 bridgehead atoms. The first-order valence-corrected chi connectivity index (χ1v) is 12.5. The van der Waals surface area contributed by atoms with Gasteiger partial charge in [0.15, 0.2) is 0 Å². The van der Waals surface area contributed by atoms with E-state index in [4.69, 9.17) is 11.5 Å². The molecule has 14 heteroatoms. The quantitative estimate of drug-likeness (QED) is 0.136. The molecule has 0 aliphatic carbocycles. The molecular formula is C21H35N7O6S. The van der Waals surface area contributed by atoms with Gasteiger partial charge in [-0.1, -0.05) is 13.8 Å².